The van der Waals surface area contributed by atoms with Crippen LogP contribution in [0.3, 0.4) is 0 Å². The van der Waals surface area contributed by atoms with Crippen LogP contribution in [-0.4, -0.2) is 3.96 Å². The first-order valence-electron chi connectivity index (χ1n) is 5.52. The lowest BCUT2D eigenvalue weighted by molar-refractivity contribution is 0.623. The Hall–Kier alpha value is -2.45. The van der Waals surface area contributed by atoms with Gasteiger partial charge in [0.2, 0.25) is 0 Å². The minimum atomic E-state index is -0.583. The third kappa shape index (κ3) is 1.83. The van der Waals surface area contributed by atoms with Gasteiger partial charge in [0.1, 0.15) is 11.9 Å². The average Bonchev–Trinajstić information content (AvgIpc) is 2.77. The first kappa shape index (κ1) is 11.6. The molecule has 3 rings (SSSR count). The summed E-state index contributed by atoms with van der Waals surface area (Å²) in [7, 11) is 0. The number of hydrogen-bond donors (Lipinski definition) is 0. The zero-order chi connectivity index (χ0) is 13.4. The van der Waals surface area contributed by atoms with E-state index in [0.29, 0.717) is 11.1 Å². The molecule has 0 saturated carbocycles. The molecule has 1 heterocycles. The summed E-state index contributed by atoms with van der Waals surface area (Å²) in [5.41, 5.74) is 0.280. The van der Waals surface area contributed by atoms with Crippen LogP contribution in [0.1, 0.15) is 5.56 Å². The summed E-state index contributed by atoms with van der Waals surface area (Å²) in [6.45, 7) is 0. The van der Waals surface area contributed by atoms with Crippen molar-refractivity contribution >= 4 is 21.6 Å². The summed E-state index contributed by atoms with van der Waals surface area (Å²) >= 11 is 1.27. The first-order valence-corrected chi connectivity index (χ1v) is 6.29. The van der Waals surface area contributed by atoms with E-state index in [2.05, 4.69) is 0 Å². The quantitative estimate of drug-likeness (QED) is 0.682. The highest BCUT2D eigenvalue weighted by atomic mass is 32.1. The van der Waals surface area contributed by atoms with E-state index < -0.39 is 5.82 Å². The van der Waals surface area contributed by atoms with Gasteiger partial charge in [-0.2, -0.15) is 5.26 Å². The first-order chi connectivity index (χ1) is 9.20. The molecule has 0 saturated heterocycles. The van der Waals surface area contributed by atoms with E-state index in [1.54, 1.807) is 18.2 Å². The Morgan fingerprint density at radius 1 is 1.21 bits per heavy atom. The highest BCUT2D eigenvalue weighted by Crippen LogP contribution is 2.21. The third-order valence-electron chi connectivity index (χ3n) is 2.80. The van der Waals surface area contributed by atoms with Crippen molar-refractivity contribution in [1.29, 1.82) is 5.26 Å². The maximum Gasteiger partial charge on any atom is 0.273 e. The van der Waals surface area contributed by atoms with Crippen LogP contribution >= 0.6 is 11.5 Å². The van der Waals surface area contributed by atoms with Crippen LogP contribution in [0.25, 0.3) is 15.8 Å². The average molecular weight is 270 g/mol. The standard InChI is InChI=1S/C14H7FN2OS/c15-12-6-5-10(7-9(12)8-16)17-14(18)11-3-1-2-4-13(11)19-17/h1-7H. The molecule has 0 fully saturated rings. The molecule has 0 aliphatic heterocycles. The second-order valence-electron chi connectivity index (χ2n) is 3.96. The van der Waals surface area contributed by atoms with E-state index in [1.165, 1.54) is 33.7 Å². The SMILES string of the molecule is N#Cc1cc(-n2sc3ccccc3c2=O)ccc1F. The van der Waals surface area contributed by atoms with Gasteiger partial charge in [-0.15, -0.1) is 0 Å². The number of hydrogen-bond acceptors (Lipinski definition) is 3. The normalized spacial score (nSPS) is 10.5. The van der Waals surface area contributed by atoms with Gasteiger partial charge in [0.15, 0.2) is 0 Å². The molecule has 0 aliphatic rings. The minimum Gasteiger partial charge on any atom is -0.267 e. The topological polar surface area (TPSA) is 45.8 Å². The van der Waals surface area contributed by atoms with Gasteiger partial charge in [0.25, 0.3) is 5.56 Å². The Kier molecular flexibility index (Phi) is 2.65. The molecule has 0 bridgehead atoms. The van der Waals surface area contributed by atoms with Gasteiger partial charge in [0.05, 0.1) is 21.3 Å². The molecule has 3 nitrogen and oxygen atoms in total. The van der Waals surface area contributed by atoms with E-state index in [-0.39, 0.29) is 11.1 Å². The van der Waals surface area contributed by atoms with E-state index in [0.717, 1.165) is 4.70 Å². The van der Waals surface area contributed by atoms with Crippen molar-refractivity contribution < 1.29 is 4.39 Å². The predicted octanol–water partition coefficient (Wildman–Crippen LogP) is 3.06. The van der Waals surface area contributed by atoms with Crippen molar-refractivity contribution in [1.82, 2.24) is 3.96 Å². The zero-order valence-corrected chi connectivity index (χ0v) is 10.4. The van der Waals surface area contributed by atoms with Gasteiger partial charge in [-0.1, -0.05) is 23.7 Å². The summed E-state index contributed by atoms with van der Waals surface area (Å²) in [4.78, 5) is 12.2. The van der Waals surface area contributed by atoms with Crippen molar-refractivity contribution in [2.24, 2.45) is 0 Å². The fourth-order valence-corrected chi connectivity index (χ4v) is 2.86. The summed E-state index contributed by atoms with van der Waals surface area (Å²) in [6, 6.07) is 13.1. The van der Waals surface area contributed by atoms with Crippen LogP contribution in [0.4, 0.5) is 4.39 Å². The number of benzene rings is 2. The van der Waals surface area contributed by atoms with E-state index in [4.69, 9.17) is 5.26 Å². The summed E-state index contributed by atoms with van der Waals surface area (Å²) < 4.78 is 15.6. The largest absolute Gasteiger partial charge is 0.273 e. The molecule has 0 radical (unpaired) electrons. The molecule has 0 N–H and O–H groups in total. The maximum atomic E-state index is 13.3. The fraction of sp³-hybridized carbons (Fsp3) is 0. The Bertz CT molecular complexity index is 873. The lowest BCUT2D eigenvalue weighted by Crippen LogP contribution is -2.10. The monoisotopic (exact) mass is 270 g/mol. The van der Waals surface area contributed by atoms with Gasteiger partial charge in [0, 0.05) is 0 Å². The molecule has 1 aromatic heterocycles. The highest BCUT2D eigenvalue weighted by Gasteiger charge is 2.10. The lowest BCUT2D eigenvalue weighted by atomic mass is 10.2. The summed E-state index contributed by atoms with van der Waals surface area (Å²) in [6.07, 6.45) is 0. The molecule has 2 aromatic carbocycles. The van der Waals surface area contributed by atoms with Crippen LogP contribution in [0.2, 0.25) is 0 Å². The number of nitrogens with zero attached hydrogens (tertiary/aromatic N) is 2. The Morgan fingerprint density at radius 2 is 2.00 bits per heavy atom. The van der Waals surface area contributed by atoms with Gasteiger partial charge in [-0.3, -0.25) is 4.79 Å². The Balaban J connectivity index is 2.28. The van der Waals surface area contributed by atoms with Crippen LogP contribution < -0.4 is 5.56 Å². The molecule has 0 atom stereocenters. The van der Waals surface area contributed by atoms with Crippen LogP contribution in [-0.2, 0) is 0 Å². The summed E-state index contributed by atoms with van der Waals surface area (Å²) in [5, 5.41) is 9.45. The van der Waals surface area contributed by atoms with Crippen LogP contribution in [0.5, 0.6) is 0 Å². The molecule has 0 amide bonds. The zero-order valence-electron chi connectivity index (χ0n) is 9.63. The molecule has 19 heavy (non-hydrogen) atoms. The minimum absolute atomic E-state index is 0.0677. The molecular formula is C14H7FN2OS. The second kappa shape index (κ2) is 4.34. The maximum absolute atomic E-state index is 13.3. The number of nitriles is 1. The second-order valence-corrected chi connectivity index (χ2v) is 4.95. The summed E-state index contributed by atoms with van der Waals surface area (Å²) in [5.74, 6) is -0.583. The van der Waals surface area contributed by atoms with Crippen molar-refractivity contribution in [2.75, 3.05) is 0 Å². The molecule has 0 spiro atoms. The molecular weight excluding hydrogens is 263 g/mol. The van der Waals surface area contributed by atoms with Crippen LogP contribution in [0, 0.1) is 17.1 Å². The molecule has 92 valence electrons. The highest BCUT2D eigenvalue weighted by molar-refractivity contribution is 7.14. The van der Waals surface area contributed by atoms with Gasteiger partial charge >= 0.3 is 0 Å². The number of halogens is 1. The van der Waals surface area contributed by atoms with Crippen molar-refractivity contribution in [3.8, 4) is 11.8 Å². The molecule has 5 heteroatoms. The van der Waals surface area contributed by atoms with E-state index >= 15 is 0 Å². The number of fused-ring (bicyclic) bond motifs is 1. The van der Waals surface area contributed by atoms with E-state index in [9.17, 15) is 9.18 Å². The van der Waals surface area contributed by atoms with Crippen molar-refractivity contribution in [3.05, 3.63) is 64.2 Å². The third-order valence-corrected chi connectivity index (χ3v) is 3.91. The fourth-order valence-electron chi connectivity index (χ4n) is 1.87. The number of aromatic nitrogens is 1. The molecule has 0 aliphatic carbocycles. The Morgan fingerprint density at radius 3 is 2.74 bits per heavy atom. The molecule has 0 unspecified atom stereocenters. The van der Waals surface area contributed by atoms with Gasteiger partial charge < -0.3 is 0 Å². The predicted molar refractivity (Wildman–Crippen MR) is 72.1 cm³/mol. The lowest BCUT2D eigenvalue weighted by Gasteiger charge is -2.01. The van der Waals surface area contributed by atoms with Gasteiger partial charge in [-0.05, 0) is 30.3 Å². The smallest absolute Gasteiger partial charge is 0.267 e. The van der Waals surface area contributed by atoms with Crippen molar-refractivity contribution in [3.63, 3.8) is 0 Å². The van der Waals surface area contributed by atoms with Crippen molar-refractivity contribution in [2.45, 2.75) is 0 Å². The van der Waals surface area contributed by atoms with E-state index in [1.807, 2.05) is 12.1 Å². The van der Waals surface area contributed by atoms with Crippen LogP contribution in [0.15, 0.2) is 47.3 Å². The Labute approximate surface area is 111 Å². The molecule has 3 aromatic rings. The number of rotatable bonds is 1. The van der Waals surface area contributed by atoms with Gasteiger partial charge in [-0.25, -0.2) is 8.35 Å².